The summed E-state index contributed by atoms with van der Waals surface area (Å²) < 4.78 is 6.02. The molecule has 10 nitrogen and oxygen atoms in total. The molecule has 1 aliphatic rings. The van der Waals surface area contributed by atoms with Crippen molar-refractivity contribution in [2.45, 2.75) is 25.9 Å². The van der Waals surface area contributed by atoms with Crippen molar-refractivity contribution < 1.29 is 4.79 Å². The van der Waals surface area contributed by atoms with E-state index < -0.39 is 5.69 Å². The van der Waals surface area contributed by atoms with E-state index in [1.54, 1.807) is 39.7 Å². The SMILES string of the molecule is CCCn1c(C(=O)N2CC(n3ccnn3)C2)cc2c(=O)n(C)c(=O)n(C)c21. The first-order valence-electron chi connectivity index (χ1n) is 8.88. The van der Waals surface area contributed by atoms with E-state index in [9.17, 15) is 14.4 Å². The van der Waals surface area contributed by atoms with Crippen molar-refractivity contribution in [3.8, 4) is 0 Å². The molecule has 0 aromatic carbocycles. The first kappa shape index (κ1) is 17.3. The quantitative estimate of drug-likeness (QED) is 0.629. The smallest absolute Gasteiger partial charge is 0.332 e. The van der Waals surface area contributed by atoms with Crippen LogP contribution < -0.4 is 11.2 Å². The van der Waals surface area contributed by atoms with Crippen molar-refractivity contribution in [2.75, 3.05) is 13.1 Å². The van der Waals surface area contributed by atoms with Crippen LogP contribution in [0.1, 0.15) is 29.9 Å². The van der Waals surface area contributed by atoms with Gasteiger partial charge in [-0.05, 0) is 12.5 Å². The van der Waals surface area contributed by atoms with E-state index in [0.717, 1.165) is 11.0 Å². The Balaban J connectivity index is 1.75. The molecule has 0 saturated carbocycles. The topological polar surface area (TPSA) is 100.0 Å². The molecule has 0 bridgehead atoms. The number of amides is 1. The van der Waals surface area contributed by atoms with E-state index in [1.165, 1.54) is 11.6 Å². The fourth-order valence-corrected chi connectivity index (χ4v) is 3.63. The van der Waals surface area contributed by atoms with Crippen LogP contribution in [0, 0.1) is 0 Å². The van der Waals surface area contributed by atoms with E-state index in [1.807, 2.05) is 6.92 Å². The Morgan fingerprint density at radius 3 is 2.59 bits per heavy atom. The van der Waals surface area contributed by atoms with Gasteiger partial charge < -0.3 is 9.47 Å². The number of hydrogen-bond acceptors (Lipinski definition) is 5. The lowest BCUT2D eigenvalue weighted by Gasteiger charge is -2.38. The molecule has 0 atom stereocenters. The average Bonchev–Trinajstić information content (AvgIpc) is 3.25. The number of aromatic nitrogens is 6. The number of rotatable bonds is 4. The Labute approximate surface area is 154 Å². The van der Waals surface area contributed by atoms with Gasteiger partial charge >= 0.3 is 5.69 Å². The van der Waals surface area contributed by atoms with Crippen molar-refractivity contribution in [2.24, 2.45) is 14.1 Å². The van der Waals surface area contributed by atoms with E-state index in [0.29, 0.717) is 36.4 Å². The molecule has 4 rings (SSSR count). The second-order valence-electron chi connectivity index (χ2n) is 6.87. The van der Waals surface area contributed by atoms with Gasteiger partial charge in [-0.2, -0.15) is 0 Å². The van der Waals surface area contributed by atoms with Crippen molar-refractivity contribution in [1.82, 2.24) is 33.6 Å². The minimum atomic E-state index is -0.405. The first-order valence-corrected chi connectivity index (χ1v) is 8.88. The molecule has 1 amide bonds. The maximum Gasteiger partial charge on any atom is 0.332 e. The number of carbonyl (C=O) groups excluding carboxylic acids is 1. The zero-order valence-electron chi connectivity index (χ0n) is 15.5. The van der Waals surface area contributed by atoms with Crippen LogP contribution in [-0.2, 0) is 20.6 Å². The van der Waals surface area contributed by atoms with E-state index in [4.69, 9.17) is 0 Å². The monoisotopic (exact) mass is 371 g/mol. The lowest BCUT2D eigenvalue weighted by atomic mass is 10.1. The van der Waals surface area contributed by atoms with Crippen molar-refractivity contribution in [3.05, 3.63) is 45.0 Å². The Bertz CT molecular complexity index is 1130. The third-order valence-electron chi connectivity index (χ3n) is 5.13. The van der Waals surface area contributed by atoms with Gasteiger partial charge in [-0.3, -0.25) is 18.7 Å². The highest BCUT2D eigenvalue weighted by Gasteiger charge is 2.35. The van der Waals surface area contributed by atoms with Crippen LogP contribution in [0.25, 0.3) is 11.0 Å². The lowest BCUT2D eigenvalue weighted by Crippen LogP contribution is -2.51. The predicted octanol–water partition coefficient (Wildman–Crippen LogP) is -0.263. The average molecular weight is 371 g/mol. The molecule has 0 aliphatic carbocycles. The minimum absolute atomic E-state index is 0.109. The van der Waals surface area contributed by atoms with Gasteiger partial charge in [0, 0.05) is 39.9 Å². The summed E-state index contributed by atoms with van der Waals surface area (Å²) in [5.74, 6) is -0.148. The largest absolute Gasteiger partial charge is 0.333 e. The highest BCUT2D eigenvalue weighted by molar-refractivity contribution is 5.98. The summed E-state index contributed by atoms with van der Waals surface area (Å²) in [6.45, 7) is 3.61. The first-order chi connectivity index (χ1) is 12.9. The summed E-state index contributed by atoms with van der Waals surface area (Å²) in [5.41, 5.74) is 0.127. The Morgan fingerprint density at radius 1 is 1.22 bits per heavy atom. The summed E-state index contributed by atoms with van der Waals surface area (Å²) in [6, 6.07) is 1.72. The molecule has 27 heavy (non-hydrogen) atoms. The summed E-state index contributed by atoms with van der Waals surface area (Å²) in [6.07, 6.45) is 4.16. The normalized spacial score (nSPS) is 14.7. The van der Waals surface area contributed by atoms with Gasteiger partial charge in [-0.1, -0.05) is 12.1 Å². The second kappa shape index (κ2) is 6.22. The van der Waals surface area contributed by atoms with Gasteiger partial charge in [0.1, 0.15) is 11.3 Å². The molecule has 3 aromatic heterocycles. The molecule has 0 spiro atoms. The summed E-state index contributed by atoms with van der Waals surface area (Å²) >= 11 is 0. The number of nitrogens with zero attached hydrogens (tertiary/aromatic N) is 7. The number of hydrogen-bond donors (Lipinski definition) is 0. The summed E-state index contributed by atoms with van der Waals surface area (Å²) in [4.78, 5) is 39.6. The molecule has 10 heteroatoms. The molecule has 3 aromatic rings. The number of likely N-dealkylation sites (tertiary alicyclic amines) is 1. The molecule has 1 fully saturated rings. The summed E-state index contributed by atoms with van der Waals surface area (Å²) in [7, 11) is 3.07. The van der Waals surface area contributed by atoms with Crippen LogP contribution in [0.3, 0.4) is 0 Å². The standard InChI is InChI=1S/C17H21N7O3/c1-4-6-23-13(8-12-14(23)20(2)17(27)21(3)15(12)25)16(26)22-9-11(10-22)24-7-5-18-19-24/h5,7-8,11H,4,6,9-10H2,1-3H3. The highest BCUT2D eigenvalue weighted by Crippen LogP contribution is 2.25. The molecule has 1 aliphatic heterocycles. The zero-order chi connectivity index (χ0) is 19.3. The van der Waals surface area contributed by atoms with Crippen LogP contribution in [-0.4, -0.2) is 52.6 Å². The number of aryl methyl sites for hydroxylation is 2. The molecule has 0 N–H and O–H groups in total. The van der Waals surface area contributed by atoms with E-state index in [-0.39, 0.29) is 17.5 Å². The maximum absolute atomic E-state index is 13.1. The Hall–Kier alpha value is -3.17. The third-order valence-corrected chi connectivity index (χ3v) is 5.13. The fraction of sp³-hybridized carbons (Fsp3) is 0.471. The van der Waals surface area contributed by atoms with Gasteiger partial charge in [0.05, 0.1) is 17.6 Å². The van der Waals surface area contributed by atoms with Gasteiger partial charge in [-0.15, -0.1) is 5.10 Å². The van der Waals surface area contributed by atoms with Gasteiger partial charge in [0.2, 0.25) is 0 Å². The molecular formula is C17H21N7O3. The van der Waals surface area contributed by atoms with Crippen LogP contribution in [0.2, 0.25) is 0 Å². The second-order valence-corrected chi connectivity index (χ2v) is 6.87. The molecule has 0 radical (unpaired) electrons. The molecular weight excluding hydrogens is 350 g/mol. The minimum Gasteiger partial charge on any atom is -0.333 e. The van der Waals surface area contributed by atoms with Crippen LogP contribution >= 0.6 is 0 Å². The van der Waals surface area contributed by atoms with Crippen molar-refractivity contribution in [1.29, 1.82) is 0 Å². The number of carbonyl (C=O) groups is 1. The zero-order valence-corrected chi connectivity index (χ0v) is 15.5. The maximum atomic E-state index is 13.1. The predicted molar refractivity (Wildman–Crippen MR) is 97.7 cm³/mol. The fourth-order valence-electron chi connectivity index (χ4n) is 3.63. The van der Waals surface area contributed by atoms with Crippen LogP contribution in [0.4, 0.5) is 0 Å². The van der Waals surface area contributed by atoms with E-state index >= 15 is 0 Å². The van der Waals surface area contributed by atoms with Crippen LogP contribution in [0.5, 0.6) is 0 Å². The van der Waals surface area contributed by atoms with Crippen LogP contribution in [0.15, 0.2) is 28.0 Å². The van der Waals surface area contributed by atoms with Gasteiger partial charge in [0.15, 0.2) is 0 Å². The molecule has 142 valence electrons. The summed E-state index contributed by atoms with van der Waals surface area (Å²) in [5, 5.41) is 8.14. The third kappa shape index (κ3) is 2.51. The van der Waals surface area contributed by atoms with Gasteiger partial charge in [0.25, 0.3) is 11.5 Å². The number of fused-ring (bicyclic) bond motifs is 1. The Morgan fingerprint density at radius 2 is 1.96 bits per heavy atom. The van der Waals surface area contributed by atoms with E-state index in [2.05, 4.69) is 10.3 Å². The molecule has 4 heterocycles. The molecule has 0 unspecified atom stereocenters. The van der Waals surface area contributed by atoms with Crippen molar-refractivity contribution in [3.63, 3.8) is 0 Å². The highest BCUT2D eigenvalue weighted by atomic mass is 16.2. The Kier molecular flexibility index (Phi) is 3.97. The van der Waals surface area contributed by atoms with Gasteiger partial charge in [-0.25, -0.2) is 9.48 Å². The lowest BCUT2D eigenvalue weighted by molar-refractivity contribution is 0.0488. The molecule has 1 saturated heterocycles. The van der Waals surface area contributed by atoms with Crippen molar-refractivity contribution >= 4 is 16.9 Å².